The molecule has 2 atom stereocenters. The fraction of sp³-hybridized carbons (Fsp3) is 0.600. The molecule has 1 N–H and O–H groups in total. The standard InChI is InChI=1S/C15H21BrFNO/c1-2-18-13(8-11-6-7-19-10-11)9-12-4-3-5-14(17)15(12)16/h3-5,11,13,18H,2,6-10H2,1H3. The van der Waals surface area contributed by atoms with Gasteiger partial charge in [0, 0.05) is 19.3 Å². The molecule has 1 fully saturated rings. The van der Waals surface area contributed by atoms with Crippen LogP contribution in [0.15, 0.2) is 22.7 Å². The summed E-state index contributed by atoms with van der Waals surface area (Å²) >= 11 is 3.35. The molecule has 1 saturated heterocycles. The molecule has 0 spiro atoms. The molecule has 106 valence electrons. The van der Waals surface area contributed by atoms with Gasteiger partial charge in [-0.3, -0.25) is 0 Å². The van der Waals surface area contributed by atoms with Crippen molar-refractivity contribution in [3.05, 3.63) is 34.1 Å². The Hall–Kier alpha value is -0.450. The molecule has 2 unspecified atom stereocenters. The topological polar surface area (TPSA) is 21.3 Å². The highest BCUT2D eigenvalue weighted by atomic mass is 79.9. The van der Waals surface area contributed by atoms with Crippen LogP contribution in [0.1, 0.15) is 25.3 Å². The number of ether oxygens (including phenoxy) is 1. The van der Waals surface area contributed by atoms with Crippen LogP contribution >= 0.6 is 15.9 Å². The quantitative estimate of drug-likeness (QED) is 0.861. The third kappa shape index (κ3) is 4.26. The SMILES string of the molecule is CCNC(Cc1cccc(F)c1Br)CC1CCOC1. The first-order valence-electron chi connectivity index (χ1n) is 6.94. The highest BCUT2D eigenvalue weighted by molar-refractivity contribution is 9.10. The number of hydrogen-bond acceptors (Lipinski definition) is 2. The lowest BCUT2D eigenvalue weighted by molar-refractivity contribution is 0.181. The number of hydrogen-bond donors (Lipinski definition) is 1. The van der Waals surface area contributed by atoms with Gasteiger partial charge in [0.1, 0.15) is 5.82 Å². The number of halogens is 2. The van der Waals surface area contributed by atoms with Gasteiger partial charge in [-0.05, 0) is 59.3 Å². The van der Waals surface area contributed by atoms with Gasteiger partial charge < -0.3 is 10.1 Å². The van der Waals surface area contributed by atoms with E-state index in [1.165, 1.54) is 6.07 Å². The molecule has 19 heavy (non-hydrogen) atoms. The summed E-state index contributed by atoms with van der Waals surface area (Å²) in [6, 6.07) is 5.63. The Bertz CT molecular complexity index is 407. The zero-order valence-corrected chi connectivity index (χ0v) is 12.9. The van der Waals surface area contributed by atoms with E-state index >= 15 is 0 Å². The largest absolute Gasteiger partial charge is 0.381 e. The van der Waals surface area contributed by atoms with Gasteiger partial charge in [0.25, 0.3) is 0 Å². The lowest BCUT2D eigenvalue weighted by Gasteiger charge is -2.21. The Kier molecular flexibility index (Phi) is 5.79. The average Bonchev–Trinajstić information content (AvgIpc) is 2.88. The van der Waals surface area contributed by atoms with E-state index in [9.17, 15) is 4.39 Å². The maximum atomic E-state index is 13.5. The summed E-state index contributed by atoms with van der Waals surface area (Å²) in [4.78, 5) is 0. The predicted octanol–water partition coefficient (Wildman–Crippen LogP) is 3.54. The molecule has 1 aliphatic heterocycles. The van der Waals surface area contributed by atoms with E-state index in [1.807, 2.05) is 6.07 Å². The molecule has 1 aromatic carbocycles. The third-order valence-electron chi connectivity index (χ3n) is 3.63. The van der Waals surface area contributed by atoms with E-state index in [-0.39, 0.29) is 5.82 Å². The van der Waals surface area contributed by atoms with Gasteiger partial charge in [0.05, 0.1) is 4.47 Å². The van der Waals surface area contributed by atoms with Crippen LogP contribution < -0.4 is 5.32 Å². The van der Waals surface area contributed by atoms with Gasteiger partial charge in [-0.25, -0.2) is 4.39 Å². The Morgan fingerprint density at radius 1 is 1.53 bits per heavy atom. The minimum absolute atomic E-state index is 0.183. The molecule has 0 aromatic heterocycles. The number of benzene rings is 1. The summed E-state index contributed by atoms with van der Waals surface area (Å²) in [5.74, 6) is 0.452. The Labute approximate surface area is 122 Å². The van der Waals surface area contributed by atoms with Crippen LogP contribution in [0, 0.1) is 11.7 Å². The van der Waals surface area contributed by atoms with Crippen molar-refractivity contribution >= 4 is 15.9 Å². The van der Waals surface area contributed by atoms with Crippen molar-refractivity contribution in [2.24, 2.45) is 5.92 Å². The van der Waals surface area contributed by atoms with Gasteiger partial charge in [-0.15, -0.1) is 0 Å². The smallest absolute Gasteiger partial charge is 0.137 e. The van der Waals surface area contributed by atoms with E-state index < -0.39 is 0 Å². The first-order chi connectivity index (χ1) is 9.20. The Morgan fingerprint density at radius 2 is 2.37 bits per heavy atom. The van der Waals surface area contributed by atoms with Gasteiger partial charge >= 0.3 is 0 Å². The van der Waals surface area contributed by atoms with Gasteiger partial charge in [0.15, 0.2) is 0 Å². The first kappa shape index (κ1) is 14.9. The number of likely N-dealkylation sites (N-methyl/N-ethyl adjacent to an activating group) is 1. The lowest BCUT2D eigenvalue weighted by Crippen LogP contribution is -2.33. The van der Waals surface area contributed by atoms with E-state index in [2.05, 4.69) is 28.2 Å². The number of nitrogens with one attached hydrogen (secondary N) is 1. The molecule has 4 heteroatoms. The van der Waals surface area contributed by atoms with Crippen molar-refractivity contribution < 1.29 is 9.13 Å². The lowest BCUT2D eigenvalue weighted by atomic mass is 9.94. The van der Waals surface area contributed by atoms with Crippen molar-refractivity contribution in [1.29, 1.82) is 0 Å². The molecule has 0 amide bonds. The average molecular weight is 330 g/mol. The van der Waals surface area contributed by atoms with Crippen LogP contribution in [0.2, 0.25) is 0 Å². The summed E-state index contributed by atoms with van der Waals surface area (Å²) in [6.07, 6.45) is 3.09. The van der Waals surface area contributed by atoms with E-state index in [0.29, 0.717) is 16.4 Å². The maximum Gasteiger partial charge on any atom is 0.137 e. The fourth-order valence-corrected chi connectivity index (χ4v) is 3.10. The van der Waals surface area contributed by atoms with Crippen LogP contribution in [0.3, 0.4) is 0 Å². The van der Waals surface area contributed by atoms with Gasteiger partial charge in [-0.1, -0.05) is 19.1 Å². The Morgan fingerprint density at radius 3 is 3.05 bits per heavy atom. The van der Waals surface area contributed by atoms with Gasteiger partial charge in [0.2, 0.25) is 0 Å². The Balaban J connectivity index is 2.00. The molecule has 1 aliphatic rings. The zero-order valence-electron chi connectivity index (χ0n) is 11.3. The van der Waals surface area contributed by atoms with Crippen LogP contribution in [-0.2, 0) is 11.2 Å². The highest BCUT2D eigenvalue weighted by Crippen LogP contribution is 2.25. The van der Waals surface area contributed by atoms with Crippen LogP contribution in [0.5, 0.6) is 0 Å². The molecular weight excluding hydrogens is 309 g/mol. The van der Waals surface area contributed by atoms with E-state index in [0.717, 1.165) is 44.6 Å². The summed E-state index contributed by atoms with van der Waals surface area (Å²) in [5.41, 5.74) is 1.03. The second-order valence-electron chi connectivity index (χ2n) is 5.14. The minimum atomic E-state index is -0.183. The molecule has 1 heterocycles. The number of rotatable bonds is 6. The molecule has 0 aliphatic carbocycles. The minimum Gasteiger partial charge on any atom is -0.381 e. The molecule has 0 radical (unpaired) electrons. The fourth-order valence-electron chi connectivity index (χ4n) is 2.67. The van der Waals surface area contributed by atoms with Gasteiger partial charge in [-0.2, -0.15) is 0 Å². The van der Waals surface area contributed by atoms with Crippen LogP contribution in [0.4, 0.5) is 4.39 Å². The van der Waals surface area contributed by atoms with Crippen LogP contribution in [-0.4, -0.2) is 25.8 Å². The molecule has 2 nitrogen and oxygen atoms in total. The van der Waals surface area contributed by atoms with E-state index in [4.69, 9.17) is 4.74 Å². The summed E-state index contributed by atoms with van der Waals surface area (Å²) < 4.78 is 19.6. The summed E-state index contributed by atoms with van der Waals surface area (Å²) in [6.45, 7) is 4.79. The highest BCUT2D eigenvalue weighted by Gasteiger charge is 2.21. The third-order valence-corrected chi connectivity index (χ3v) is 4.52. The molecule has 0 saturated carbocycles. The van der Waals surface area contributed by atoms with Crippen LogP contribution in [0.25, 0.3) is 0 Å². The molecule has 0 bridgehead atoms. The van der Waals surface area contributed by atoms with Crippen molar-refractivity contribution in [2.45, 2.75) is 32.2 Å². The maximum absolute atomic E-state index is 13.5. The second kappa shape index (κ2) is 7.36. The monoisotopic (exact) mass is 329 g/mol. The normalized spacial score (nSPS) is 20.7. The first-order valence-corrected chi connectivity index (χ1v) is 7.74. The van der Waals surface area contributed by atoms with Crippen molar-refractivity contribution in [3.63, 3.8) is 0 Å². The summed E-state index contributed by atoms with van der Waals surface area (Å²) in [7, 11) is 0. The zero-order chi connectivity index (χ0) is 13.7. The molecule has 1 aromatic rings. The van der Waals surface area contributed by atoms with Crippen molar-refractivity contribution in [1.82, 2.24) is 5.32 Å². The van der Waals surface area contributed by atoms with E-state index in [1.54, 1.807) is 6.07 Å². The van der Waals surface area contributed by atoms with Crippen molar-refractivity contribution in [3.8, 4) is 0 Å². The molecule has 2 rings (SSSR count). The second-order valence-corrected chi connectivity index (χ2v) is 5.93. The predicted molar refractivity (Wildman–Crippen MR) is 78.8 cm³/mol. The van der Waals surface area contributed by atoms with Crippen molar-refractivity contribution in [2.75, 3.05) is 19.8 Å². The molecular formula is C15H21BrFNO. The summed E-state index contributed by atoms with van der Waals surface area (Å²) in [5, 5.41) is 3.51.